The highest BCUT2D eigenvalue weighted by Crippen LogP contribution is 2.35. The molecule has 0 atom stereocenters. The molecule has 0 heterocycles. The lowest BCUT2D eigenvalue weighted by Crippen LogP contribution is -2.30. The normalized spacial score (nSPS) is 10.4. The van der Waals surface area contributed by atoms with E-state index in [0.717, 1.165) is 22.6 Å². The second kappa shape index (κ2) is 6.69. The molecule has 3 nitrogen and oxygen atoms in total. The second-order valence-corrected chi connectivity index (χ2v) is 5.43. The predicted molar refractivity (Wildman–Crippen MR) is 95.7 cm³/mol. The van der Waals surface area contributed by atoms with Crippen LogP contribution in [-0.4, -0.2) is 17.2 Å². The van der Waals surface area contributed by atoms with Crippen molar-refractivity contribution in [1.82, 2.24) is 0 Å². The molecule has 0 amide bonds. The SMILES string of the molecule is Cc1ccc(B(O)O)cc1N(c1ccccc1)c1ccccc1. The minimum Gasteiger partial charge on any atom is -0.423 e. The summed E-state index contributed by atoms with van der Waals surface area (Å²) in [7, 11) is -1.48. The van der Waals surface area contributed by atoms with Gasteiger partial charge in [0.25, 0.3) is 0 Å². The van der Waals surface area contributed by atoms with Crippen LogP contribution in [0.15, 0.2) is 78.9 Å². The fourth-order valence-electron chi connectivity index (χ4n) is 2.61. The van der Waals surface area contributed by atoms with Gasteiger partial charge in [0.2, 0.25) is 0 Å². The lowest BCUT2D eigenvalue weighted by molar-refractivity contribution is 0.426. The molecule has 3 aromatic carbocycles. The van der Waals surface area contributed by atoms with Crippen molar-refractivity contribution in [3.8, 4) is 0 Å². The van der Waals surface area contributed by atoms with Crippen LogP contribution in [0.4, 0.5) is 17.1 Å². The summed E-state index contributed by atoms with van der Waals surface area (Å²) in [6.07, 6.45) is 0. The molecule has 0 aliphatic rings. The molecule has 0 aliphatic carbocycles. The van der Waals surface area contributed by atoms with Crippen LogP contribution >= 0.6 is 0 Å². The van der Waals surface area contributed by atoms with Gasteiger partial charge < -0.3 is 14.9 Å². The van der Waals surface area contributed by atoms with Crippen molar-refractivity contribution in [2.75, 3.05) is 4.90 Å². The van der Waals surface area contributed by atoms with Gasteiger partial charge >= 0.3 is 7.12 Å². The Morgan fingerprint density at radius 1 is 0.739 bits per heavy atom. The molecular formula is C19H18BNO2. The Labute approximate surface area is 136 Å². The number of benzene rings is 3. The Hall–Kier alpha value is -2.56. The minimum atomic E-state index is -1.48. The molecule has 114 valence electrons. The molecule has 3 rings (SSSR count). The summed E-state index contributed by atoms with van der Waals surface area (Å²) in [6.45, 7) is 2.02. The van der Waals surface area contributed by atoms with E-state index < -0.39 is 7.12 Å². The van der Waals surface area contributed by atoms with Crippen molar-refractivity contribution in [3.63, 3.8) is 0 Å². The smallest absolute Gasteiger partial charge is 0.423 e. The summed E-state index contributed by atoms with van der Waals surface area (Å²) in [5.74, 6) is 0. The van der Waals surface area contributed by atoms with Gasteiger partial charge in [-0.25, -0.2) is 0 Å². The maximum atomic E-state index is 9.50. The zero-order valence-corrected chi connectivity index (χ0v) is 12.9. The van der Waals surface area contributed by atoms with E-state index in [1.807, 2.05) is 79.7 Å². The van der Waals surface area contributed by atoms with E-state index in [2.05, 4.69) is 4.90 Å². The van der Waals surface area contributed by atoms with E-state index in [1.165, 1.54) is 0 Å². The van der Waals surface area contributed by atoms with Gasteiger partial charge in [-0.05, 0) is 48.3 Å². The lowest BCUT2D eigenvalue weighted by atomic mass is 9.79. The van der Waals surface area contributed by atoms with Crippen LogP contribution in [0.25, 0.3) is 0 Å². The summed E-state index contributed by atoms with van der Waals surface area (Å²) in [6, 6.07) is 25.5. The van der Waals surface area contributed by atoms with Crippen LogP contribution in [0.1, 0.15) is 5.56 Å². The van der Waals surface area contributed by atoms with Gasteiger partial charge in [-0.1, -0.05) is 48.5 Å². The summed E-state index contributed by atoms with van der Waals surface area (Å²) < 4.78 is 0. The van der Waals surface area contributed by atoms with Crippen molar-refractivity contribution >= 4 is 29.6 Å². The zero-order chi connectivity index (χ0) is 16.2. The third kappa shape index (κ3) is 3.28. The Balaban J connectivity index is 2.19. The van der Waals surface area contributed by atoms with Gasteiger partial charge in [-0.15, -0.1) is 0 Å². The molecule has 0 radical (unpaired) electrons. The molecule has 0 saturated carbocycles. The first-order valence-corrected chi connectivity index (χ1v) is 7.54. The first kappa shape index (κ1) is 15.3. The zero-order valence-electron chi connectivity index (χ0n) is 12.9. The molecule has 0 saturated heterocycles. The molecule has 0 spiro atoms. The quantitative estimate of drug-likeness (QED) is 0.728. The second-order valence-electron chi connectivity index (χ2n) is 5.43. The van der Waals surface area contributed by atoms with E-state index in [4.69, 9.17) is 0 Å². The van der Waals surface area contributed by atoms with E-state index in [1.54, 1.807) is 6.07 Å². The highest BCUT2D eigenvalue weighted by atomic mass is 16.4. The Kier molecular flexibility index (Phi) is 4.46. The van der Waals surface area contributed by atoms with Gasteiger partial charge in [0.15, 0.2) is 0 Å². The molecule has 0 fully saturated rings. The lowest BCUT2D eigenvalue weighted by Gasteiger charge is -2.27. The number of aryl methyl sites for hydroxylation is 1. The average molecular weight is 303 g/mol. The number of hydrogen-bond acceptors (Lipinski definition) is 3. The van der Waals surface area contributed by atoms with Crippen molar-refractivity contribution < 1.29 is 10.0 Å². The largest absolute Gasteiger partial charge is 0.488 e. The Bertz CT molecular complexity index is 736. The molecular weight excluding hydrogens is 285 g/mol. The summed E-state index contributed by atoms with van der Waals surface area (Å²) >= 11 is 0. The molecule has 23 heavy (non-hydrogen) atoms. The van der Waals surface area contributed by atoms with E-state index in [9.17, 15) is 10.0 Å². The fraction of sp³-hybridized carbons (Fsp3) is 0.0526. The average Bonchev–Trinajstić information content (AvgIpc) is 2.58. The highest BCUT2D eigenvalue weighted by Gasteiger charge is 2.18. The Morgan fingerprint density at radius 3 is 1.74 bits per heavy atom. The van der Waals surface area contributed by atoms with E-state index >= 15 is 0 Å². The molecule has 0 aliphatic heterocycles. The molecule has 3 aromatic rings. The molecule has 0 bridgehead atoms. The van der Waals surface area contributed by atoms with Gasteiger partial charge in [0.1, 0.15) is 0 Å². The summed E-state index contributed by atoms with van der Waals surface area (Å²) in [5.41, 5.74) is 4.50. The molecule has 2 N–H and O–H groups in total. The maximum absolute atomic E-state index is 9.50. The number of para-hydroxylation sites is 2. The topological polar surface area (TPSA) is 43.7 Å². The number of hydrogen-bond donors (Lipinski definition) is 2. The maximum Gasteiger partial charge on any atom is 0.488 e. The van der Waals surface area contributed by atoms with Crippen LogP contribution in [0.5, 0.6) is 0 Å². The standard InChI is InChI=1S/C19H18BNO2/c1-15-12-13-16(20(22)23)14-19(15)21(17-8-4-2-5-9-17)18-10-6-3-7-11-18/h2-14,22-23H,1H3. The first-order chi connectivity index (χ1) is 11.2. The summed E-state index contributed by atoms with van der Waals surface area (Å²) in [4.78, 5) is 2.11. The minimum absolute atomic E-state index is 0.475. The van der Waals surface area contributed by atoms with Crippen LogP contribution in [0, 0.1) is 6.92 Å². The van der Waals surface area contributed by atoms with Crippen LogP contribution < -0.4 is 10.4 Å². The van der Waals surface area contributed by atoms with Gasteiger partial charge in [0, 0.05) is 17.1 Å². The third-order valence-electron chi connectivity index (χ3n) is 3.80. The van der Waals surface area contributed by atoms with E-state index in [-0.39, 0.29) is 0 Å². The van der Waals surface area contributed by atoms with Gasteiger partial charge in [0.05, 0.1) is 0 Å². The molecule has 0 aromatic heterocycles. The Morgan fingerprint density at radius 2 is 1.26 bits per heavy atom. The number of rotatable bonds is 4. The fourth-order valence-corrected chi connectivity index (χ4v) is 2.61. The van der Waals surface area contributed by atoms with Crippen molar-refractivity contribution in [1.29, 1.82) is 0 Å². The molecule has 0 unspecified atom stereocenters. The number of nitrogens with zero attached hydrogens (tertiary/aromatic N) is 1. The predicted octanol–water partition coefficient (Wildman–Crippen LogP) is 3.14. The number of anilines is 3. The van der Waals surface area contributed by atoms with E-state index in [0.29, 0.717) is 5.46 Å². The van der Waals surface area contributed by atoms with Crippen molar-refractivity contribution in [2.45, 2.75) is 6.92 Å². The van der Waals surface area contributed by atoms with Crippen LogP contribution in [0.3, 0.4) is 0 Å². The van der Waals surface area contributed by atoms with Crippen molar-refractivity contribution in [2.24, 2.45) is 0 Å². The van der Waals surface area contributed by atoms with Crippen LogP contribution in [0.2, 0.25) is 0 Å². The van der Waals surface area contributed by atoms with Gasteiger partial charge in [-0.3, -0.25) is 0 Å². The van der Waals surface area contributed by atoms with Gasteiger partial charge in [-0.2, -0.15) is 0 Å². The first-order valence-electron chi connectivity index (χ1n) is 7.54. The highest BCUT2D eigenvalue weighted by molar-refractivity contribution is 6.58. The molecule has 4 heteroatoms. The third-order valence-corrected chi connectivity index (χ3v) is 3.80. The summed E-state index contributed by atoms with van der Waals surface area (Å²) in [5, 5.41) is 19.0. The monoisotopic (exact) mass is 303 g/mol. The van der Waals surface area contributed by atoms with Crippen LogP contribution in [-0.2, 0) is 0 Å². The van der Waals surface area contributed by atoms with Crippen molar-refractivity contribution in [3.05, 3.63) is 84.4 Å².